The lowest BCUT2D eigenvalue weighted by Crippen LogP contribution is -2.71. The number of carboxylic acids is 1. The molecule has 2 amide bonds. The van der Waals surface area contributed by atoms with Crippen molar-refractivity contribution in [3.05, 3.63) is 25.8 Å². The molecule has 0 saturated carbocycles. The predicted octanol–water partition coefficient (Wildman–Crippen LogP) is 1.95. The van der Waals surface area contributed by atoms with Crippen LogP contribution in [-0.2, 0) is 19.2 Å². The van der Waals surface area contributed by atoms with Gasteiger partial charge in [0, 0.05) is 11.5 Å². The van der Waals surface area contributed by atoms with Crippen LogP contribution in [0.4, 0.5) is 5.13 Å². The first kappa shape index (κ1) is 27.7. The van der Waals surface area contributed by atoms with Gasteiger partial charge in [-0.25, -0.2) is 9.78 Å². The summed E-state index contributed by atoms with van der Waals surface area (Å²) in [7, 11) is 1.27. The molecule has 2 atom stereocenters. The van der Waals surface area contributed by atoms with Gasteiger partial charge in [0.15, 0.2) is 15.2 Å². The van der Waals surface area contributed by atoms with Crippen molar-refractivity contribution in [1.29, 1.82) is 0 Å². The van der Waals surface area contributed by atoms with Crippen molar-refractivity contribution in [1.82, 2.24) is 25.4 Å². The summed E-state index contributed by atoms with van der Waals surface area (Å²) >= 11 is 8.56. The number of thioether (sulfide) groups is 2. The molecule has 1 saturated heterocycles. The Morgan fingerprint density at radius 3 is 2.71 bits per heavy atom. The van der Waals surface area contributed by atoms with Gasteiger partial charge in [0.25, 0.3) is 11.8 Å². The minimum Gasteiger partial charge on any atom is -0.477 e. The van der Waals surface area contributed by atoms with Crippen LogP contribution >= 0.6 is 74.5 Å². The minimum atomic E-state index is -1.20. The first-order valence-electron chi connectivity index (χ1n) is 9.38. The van der Waals surface area contributed by atoms with Gasteiger partial charge >= 0.3 is 5.97 Å². The SMILES string of the molecule is CO/N=C(\C(=O)NC1C(=O)N2C(C(=O)O)=C(CSc3nnc(C)s3)CS[C@H]12)c1nc(N)sc1Br.Cl. The Balaban J connectivity index is 0.00000342. The smallest absolute Gasteiger partial charge is 0.352 e. The number of halogens is 2. The lowest BCUT2D eigenvalue weighted by atomic mass is 10.0. The summed E-state index contributed by atoms with van der Waals surface area (Å²) in [6, 6.07) is -0.927. The fourth-order valence-electron chi connectivity index (χ4n) is 3.24. The number of carbonyl (C=O) groups is 3. The van der Waals surface area contributed by atoms with Gasteiger partial charge in [0.2, 0.25) is 0 Å². The number of hydrogen-bond acceptors (Lipinski definition) is 13. The summed E-state index contributed by atoms with van der Waals surface area (Å²) in [5.41, 5.74) is 6.26. The average Bonchev–Trinajstić information content (AvgIpc) is 3.36. The molecule has 4 heterocycles. The number of aliphatic carboxylic acids is 1. The van der Waals surface area contributed by atoms with E-state index in [4.69, 9.17) is 10.6 Å². The van der Waals surface area contributed by atoms with Gasteiger partial charge < -0.3 is 21.0 Å². The van der Waals surface area contributed by atoms with E-state index in [9.17, 15) is 19.5 Å². The van der Waals surface area contributed by atoms with Crippen molar-refractivity contribution in [2.24, 2.45) is 5.16 Å². The highest BCUT2D eigenvalue weighted by Gasteiger charge is 2.54. The highest BCUT2D eigenvalue weighted by Crippen LogP contribution is 2.42. The van der Waals surface area contributed by atoms with Crippen molar-refractivity contribution >= 4 is 103 Å². The van der Waals surface area contributed by atoms with Crippen molar-refractivity contribution in [2.45, 2.75) is 22.7 Å². The number of nitrogens with zero attached hydrogens (tertiary/aromatic N) is 5. The molecule has 2 aliphatic rings. The molecule has 12 nitrogen and oxygen atoms in total. The molecule has 2 aromatic heterocycles. The molecule has 2 aromatic rings. The van der Waals surface area contributed by atoms with Crippen LogP contribution in [0.15, 0.2) is 24.6 Å². The molecule has 0 bridgehead atoms. The summed E-state index contributed by atoms with van der Waals surface area (Å²) in [6.45, 7) is 1.84. The second-order valence-corrected chi connectivity index (χ2v) is 12.6. The quantitative estimate of drug-likeness (QED) is 0.166. The monoisotopic (exact) mass is 641 g/mol. The Morgan fingerprint density at radius 2 is 2.14 bits per heavy atom. The van der Waals surface area contributed by atoms with Crippen LogP contribution in [0.25, 0.3) is 0 Å². The number of anilines is 1. The molecule has 4 rings (SSSR count). The fourth-order valence-corrected chi connectivity index (χ4v) is 7.87. The summed E-state index contributed by atoms with van der Waals surface area (Å²) in [4.78, 5) is 47.9. The van der Waals surface area contributed by atoms with E-state index < -0.39 is 29.2 Å². The Hall–Kier alpha value is -1.92. The number of thiazole rings is 1. The number of carboxylic acid groups (broad SMARTS) is 1. The van der Waals surface area contributed by atoms with E-state index >= 15 is 0 Å². The van der Waals surface area contributed by atoms with Crippen molar-refractivity contribution in [3.8, 4) is 0 Å². The number of fused-ring (bicyclic) bond motifs is 1. The average molecular weight is 643 g/mol. The highest BCUT2D eigenvalue weighted by molar-refractivity contribution is 9.11. The number of carbonyl (C=O) groups excluding carboxylic acids is 2. The maximum Gasteiger partial charge on any atom is 0.352 e. The second-order valence-electron chi connectivity index (χ2n) is 6.79. The van der Waals surface area contributed by atoms with E-state index in [2.05, 4.69) is 41.6 Å². The molecule has 0 radical (unpaired) electrons. The third-order valence-corrected chi connectivity index (χ3v) is 9.57. The molecule has 1 fully saturated rings. The molecule has 2 aliphatic heterocycles. The number of aromatic nitrogens is 3. The number of nitrogens with two attached hydrogens (primary N) is 1. The lowest BCUT2D eigenvalue weighted by molar-refractivity contribution is -0.150. The van der Waals surface area contributed by atoms with Gasteiger partial charge in [-0.05, 0) is 28.4 Å². The van der Waals surface area contributed by atoms with Crippen LogP contribution in [-0.4, -0.2) is 78.7 Å². The third kappa shape index (κ3) is 5.59. The summed E-state index contributed by atoms with van der Waals surface area (Å²) in [5, 5.41) is 24.6. The molecular formula is C17H17BrClN7O5S4. The van der Waals surface area contributed by atoms with Crippen LogP contribution in [0.1, 0.15) is 10.7 Å². The summed E-state index contributed by atoms with van der Waals surface area (Å²) < 4.78 is 1.20. The molecule has 0 aliphatic carbocycles. The highest BCUT2D eigenvalue weighted by atomic mass is 79.9. The van der Waals surface area contributed by atoms with E-state index in [1.807, 2.05) is 6.92 Å². The number of amides is 2. The normalized spacial score (nSPS) is 19.6. The Kier molecular flexibility index (Phi) is 9.03. The maximum atomic E-state index is 12.9. The van der Waals surface area contributed by atoms with Gasteiger partial charge in [0.1, 0.15) is 38.7 Å². The first-order chi connectivity index (χ1) is 16.2. The summed E-state index contributed by atoms with van der Waals surface area (Å²) in [5.74, 6) is -1.66. The van der Waals surface area contributed by atoms with Crippen LogP contribution in [0, 0.1) is 6.92 Å². The minimum absolute atomic E-state index is 0. The van der Waals surface area contributed by atoms with Gasteiger partial charge in [-0.3, -0.25) is 14.5 Å². The molecule has 35 heavy (non-hydrogen) atoms. The van der Waals surface area contributed by atoms with Crippen LogP contribution in [0.2, 0.25) is 0 Å². The first-order valence-corrected chi connectivity index (χ1v) is 13.8. The van der Waals surface area contributed by atoms with Crippen LogP contribution in [0.5, 0.6) is 0 Å². The van der Waals surface area contributed by atoms with Crippen LogP contribution < -0.4 is 11.1 Å². The lowest BCUT2D eigenvalue weighted by Gasteiger charge is -2.49. The zero-order valence-electron chi connectivity index (χ0n) is 17.9. The number of β-lactam (4-membered cyclic amide) rings is 1. The molecule has 1 unspecified atom stereocenters. The standard InChI is InChI=1S/C17H16BrN7O5S4.ClH/c1-5-22-23-17(33-5)32-4-6-3-31-14-9(13(27)25(14)10(6)15(28)29)20-12(26)8(24-30-2)7-11(18)34-16(19)21-7;/h9,14H,3-4H2,1-2H3,(H2,19,21)(H,20,26)(H,28,29);1H/b24-8-;/t9?,14-;/m1./s1. The molecule has 4 N–H and O–H groups in total. The molecule has 0 spiro atoms. The topological polar surface area (TPSA) is 173 Å². The third-order valence-electron chi connectivity index (χ3n) is 4.64. The Labute approximate surface area is 229 Å². The predicted molar refractivity (Wildman–Crippen MR) is 140 cm³/mol. The number of aryl methyl sites for hydroxylation is 1. The number of oxime groups is 1. The van der Waals surface area contributed by atoms with Crippen molar-refractivity contribution < 1.29 is 24.3 Å². The zero-order valence-corrected chi connectivity index (χ0v) is 23.6. The number of nitrogens with one attached hydrogen (secondary N) is 1. The largest absolute Gasteiger partial charge is 0.477 e. The van der Waals surface area contributed by atoms with Gasteiger partial charge in [0.05, 0.1) is 0 Å². The second kappa shape index (κ2) is 11.4. The van der Waals surface area contributed by atoms with Crippen LogP contribution in [0.3, 0.4) is 0 Å². The number of rotatable bonds is 8. The molecule has 18 heteroatoms. The van der Waals surface area contributed by atoms with Crippen molar-refractivity contribution in [2.75, 3.05) is 24.3 Å². The zero-order chi connectivity index (χ0) is 24.6. The van der Waals surface area contributed by atoms with E-state index in [1.165, 1.54) is 46.9 Å². The maximum absolute atomic E-state index is 12.9. The van der Waals surface area contributed by atoms with Crippen molar-refractivity contribution in [3.63, 3.8) is 0 Å². The van der Waals surface area contributed by atoms with Gasteiger partial charge in [-0.2, -0.15) is 0 Å². The Morgan fingerprint density at radius 1 is 1.40 bits per heavy atom. The van der Waals surface area contributed by atoms with E-state index in [0.29, 0.717) is 20.9 Å². The van der Waals surface area contributed by atoms with Gasteiger partial charge in [-0.15, -0.1) is 34.4 Å². The molecule has 0 aromatic carbocycles. The molecule has 188 valence electrons. The fraction of sp³-hybridized carbons (Fsp3) is 0.353. The van der Waals surface area contributed by atoms with E-state index in [1.54, 1.807) is 0 Å². The molecular weight excluding hydrogens is 626 g/mol. The van der Waals surface area contributed by atoms with E-state index in [0.717, 1.165) is 20.7 Å². The number of nitrogen functional groups attached to an aromatic ring is 1. The van der Waals surface area contributed by atoms with E-state index in [-0.39, 0.29) is 34.6 Å². The number of hydrogen-bond donors (Lipinski definition) is 3. The van der Waals surface area contributed by atoms with Gasteiger partial charge in [-0.1, -0.05) is 39.6 Å². The Bertz CT molecular complexity index is 1240. The summed E-state index contributed by atoms with van der Waals surface area (Å²) in [6.07, 6.45) is 0.